The van der Waals surface area contributed by atoms with Crippen molar-refractivity contribution < 1.29 is 4.39 Å². The van der Waals surface area contributed by atoms with Gasteiger partial charge in [0.05, 0.1) is 12.5 Å². The molecule has 0 radical (unpaired) electrons. The highest BCUT2D eigenvalue weighted by Crippen LogP contribution is 2.36. The number of benzene rings is 1. The second-order valence-corrected chi connectivity index (χ2v) is 5.28. The Bertz CT molecular complexity index is 501. The fraction of sp³-hybridized carbons (Fsp3) is 0.533. The van der Waals surface area contributed by atoms with Gasteiger partial charge < -0.3 is 10.6 Å². The van der Waals surface area contributed by atoms with E-state index in [0.717, 1.165) is 24.1 Å². The van der Waals surface area contributed by atoms with Gasteiger partial charge in [-0.05, 0) is 49.9 Å². The summed E-state index contributed by atoms with van der Waals surface area (Å²) in [6.07, 6.45) is 2.76. The Morgan fingerprint density at radius 1 is 1.53 bits per heavy atom. The number of nitriles is 1. The average molecular weight is 261 g/mol. The highest BCUT2D eigenvalue weighted by molar-refractivity contribution is 5.58. The summed E-state index contributed by atoms with van der Waals surface area (Å²) in [5.74, 6) is -0.216. The molecule has 2 rings (SSSR count). The van der Waals surface area contributed by atoms with Gasteiger partial charge in [0, 0.05) is 24.3 Å². The molecule has 1 aromatic carbocycles. The number of halogens is 1. The first kappa shape index (κ1) is 13.8. The second-order valence-electron chi connectivity index (χ2n) is 5.28. The molecule has 2 N–H and O–H groups in total. The van der Waals surface area contributed by atoms with Gasteiger partial charge in [-0.25, -0.2) is 4.39 Å². The molecular formula is C15H20FN3. The third-order valence-corrected chi connectivity index (χ3v) is 3.56. The zero-order chi connectivity index (χ0) is 14.0. The Labute approximate surface area is 113 Å². The van der Waals surface area contributed by atoms with Crippen LogP contribution >= 0.6 is 0 Å². The van der Waals surface area contributed by atoms with E-state index in [4.69, 9.17) is 11.0 Å². The number of hydrogen-bond acceptors (Lipinski definition) is 3. The van der Waals surface area contributed by atoms with E-state index in [1.54, 1.807) is 6.92 Å². The van der Waals surface area contributed by atoms with Crippen LogP contribution in [-0.4, -0.2) is 12.6 Å². The van der Waals surface area contributed by atoms with Gasteiger partial charge in [-0.15, -0.1) is 0 Å². The van der Waals surface area contributed by atoms with E-state index in [0.29, 0.717) is 24.6 Å². The molecule has 1 fully saturated rings. The lowest BCUT2D eigenvalue weighted by Crippen LogP contribution is -2.29. The van der Waals surface area contributed by atoms with E-state index in [9.17, 15) is 4.39 Å². The molecule has 1 aliphatic rings. The molecular weight excluding hydrogens is 241 g/mol. The Morgan fingerprint density at radius 3 is 2.74 bits per heavy atom. The maximum Gasteiger partial charge on any atom is 0.126 e. The topological polar surface area (TPSA) is 53.0 Å². The normalized spacial score (nSPS) is 15.9. The quantitative estimate of drug-likeness (QED) is 0.886. The van der Waals surface area contributed by atoms with Crippen LogP contribution in [0.4, 0.5) is 10.1 Å². The van der Waals surface area contributed by atoms with E-state index in [1.807, 2.05) is 13.0 Å². The minimum Gasteiger partial charge on any atom is -0.367 e. The monoisotopic (exact) mass is 261 g/mol. The molecule has 3 nitrogen and oxygen atoms in total. The van der Waals surface area contributed by atoms with Crippen molar-refractivity contribution in [1.82, 2.24) is 0 Å². The fourth-order valence-electron chi connectivity index (χ4n) is 2.35. The Hall–Kier alpha value is -1.60. The van der Waals surface area contributed by atoms with Gasteiger partial charge in [0.15, 0.2) is 0 Å². The van der Waals surface area contributed by atoms with Crippen molar-refractivity contribution in [3.8, 4) is 6.07 Å². The molecule has 0 aliphatic heterocycles. The number of nitrogens with zero attached hydrogens (tertiary/aromatic N) is 2. The highest BCUT2D eigenvalue weighted by Gasteiger charge is 2.31. The highest BCUT2D eigenvalue weighted by atomic mass is 19.1. The number of anilines is 1. The molecule has 1 aromatic rings. The number of nitrogens with two attached hydrogens (primary N) is 1. The Kier molecular flexibility index (Phi) is 4.06. The predicted molar refractivity (Wildman–Crippen MR) is 74.3 cm³/mol. The summed E-state index contributed by atoms with van der Waals surface area (Å²) in [5, 5.41) is 8.78. The molecule has 4 heteroatoms. The molecule has 0 amide bonds. The van der Waals surface area contributed by atoms with E-state index in [1.165, 1.54) is 6.07 Å². The molecule has 0 saturated heterocycles. The molecule has 0 spiro atoms. The molecule has 102 valence electrons. The van der Waals surface area contributed by atoms with Crippen molar-refractivity contribution in [2.24, 2.45) is 5.73 Å². The lowest BCUT2D eigenvalue weighted by Gasteiger charge is -2.28. The third-order valence-electron chi connectivity index (χ3n) is 3.56. The maximum atomic E-state index is 13.7. The van der Waals surface area contributed by atoms with Crippen LogP contribution in [0.3, 0.4) is 0 Å². The summed E-state index contributed by atoms with van der Waals surface area (Å²) < 4.78 is 13.7. The van der Waals surface area contributed by atoms with Gasteiger partial charge in [-0.2, -0.15) is 5.26 Å². The van der Waals surface area contributed by atoms with E-state index in [-0.39, 0.29) is 11.9 Å². The van der Waals surface area contributed by atoms with Crippen LogP contribution in [0.2, 0.25) is 0 Å². The molecule has 19 heavy (non-hydrogen) atoms. The fourth-order valence-corrected chi connectivity index (χ4v) is 2.35. The molecule has 0 aromatic heterocycles. The summed E-state index contributed by atoms with van der Waals surface area (Å²) in [7, 11) is 0. The van der Waals surface area contributed by atoms with E-state index < -0.39 is 0 Å². The SMILES string of the molecule is Cc1cc(N(CCC#N)C2CC2)c([C@H](C)N)cc1F. The summed E-state index contributed by atoms with van der Waals surface area (Å²) >= 11 is 0. The van der Waals surface area contributed by atoms with Gasteiger partial charge in [0.25, 0.3) is 0 Å². The van der Waals surface area contributed by atoms with Crippen molar-refractivity contribution >= 4 is 5.69 Å². The number of hydrogen-bond donors (Lipinski definition) is 1. The minimum atomic E-state index is -0.216. The van der Waals surface area contributed by atoms with Gasteiger partial charge in [-0.3, -0.25) is 0 Å². The summed E-state index contributed by atoms with van der Waals surface area (Å²) in [5.41, 5.74) is 8.41. The standard InChI is InChI=1S/C15H20FN3/c1-10-8-15(13(11(2)18)9-14(10)16)19(7-3-6-17)12-4-5-12/h8-9,11-12H,3-5,7,18H2,1-2H3/t11-/m0/s1. The molecule has 0 unspecified atom stereocenters. The summed E-state index contributed by atoms with van der Waals surface area (Å²) in [6, 6.07) is 5.85. The molecule has 0 bridgehead atoms. The second kappa shape index (κ2) is 5.58. The number of rotatable bonds is 5. The largest absolute Gasteiger partial charge is 0.367 e. The van der Waals surface area contributed by atoms with E-state index >= 15 is 0 Å². The van der Waals surface area contributed by atoms with E-state index in [2.05, 4.69) is 11.0 Å². The van der Waals surface area contributed by atoms with Gasteiger partial charge in [-0.1, -0.05) is 0 Å². The van der Waals surface area contributed by atoms with Crippen molar-refractivity contribution in [1.29, 1.82) is 5.26 Å². The lowest BCUT2D eigenvalue weighted by atomic mass is 10.0. The smallest absolute Gasteiger partial charge is 0.126 e. The first-order valence-corrected chi connectivity index (χ1v) is 6.73. The summed E-state index contributed by atoms with van der Waals surface area (Å²) in [6.45, 7) is 4.31. The Balaban J connectivity index is 2.39. The third kappa shape index (κ3) is 3.05. The molecule has 1 aliphatic carbocycles. The Morgan fingerprint density at radius 2 is 2.21 bits per heavy atom. The predicted octanol–water partition coefficient (Wildman–Crippen LogP) is 3.04. The van der Waals surface area contributed by atoms with Crippen molar-refractivity contribution in [3.05, 3.63) is 29.1 Å². The van der Waals surface area contributed by atoms with Crippen LogP contribution in [0, 0.1) is 24.1 Å². The number of aryl methyl sites for hydroxylation is 1. The van der Waals surface area contributed by atoms with Crippen molar-refractivity contribution in [2.45, 2.75) is 45.2 Å². The zero-order valence-corrected chi connectivity index (χ0v) is 11.5. The van der Waals surface area contributed by atoms with Crippen LogP contribution in [0.5, 0.6) is 0 Å². The average Bonchev–Trinajstić information content (AvgIpc) is 3.17. The molecule has 1 saturated carbocycles. The first-order valence-electron chi connectivity index (χ1n) is 6.73. The molecule has 1 atom stereocenters. The molecule has 0 heterocycles. The van der Waals surface area contributed by atoms with Crippen LogP contribution in [0.15, 0.2) is 12.1 Å². The van der Waals surface area contributed by atoms with Gasteiger partial charge in [0.2, 0.25) is 0 Å². The van der Waals surface area contributed by atoms with Gasteiger partial charge in [0.1, 0.15) is 5.82 Å². The van der Waals surface area contributed by atoms with Crippen LogP contribution in [0.1, 0.15) is 43.4 Å². The zero-order valence-electron chi connectivity index (χ0n) is 11.5. The summed E-state index contributed by atoms with van der Waals surface area (Å²) in [4.78, 5) is 2.22. The first-order chi connectivity index (χ1) is 9.04. The maximum absolute atomic E-state index is 13.7. The van der Waals surface area contributed by atoms with Crippen molar-refractivity contribution in [2.75, 3.05) is 11.4 Å². The lowest BCUT2D eigenvalue weighted by molar-refractivity contribution is 0.611. The van der Waals surface area contributed by atoms with Gasteiger partial charge >= 0.3 is 0 Å². The minimum absolute atomic E-state index is 0.214. The van der Waals surface area contributed by atoms with Crippen molar-refractivity contribution in [3.63, 3.8) is 0 Å². The van der Waals surface area contributed by atoms with Crippen LogP contribution in [-0.2, 0) is 0 Å². The van der Waals surface area contributed by atoms with Crippen LogP contribution < -0.4 is 10.6 Å². The van der Waals surface area contributed by atoms with Crippen LogP contribution in [0.25, 0.3) is 0 Å².